The Kier molecular flexibility index (Phi) is 6.04. The lowest BCUT2D eigenvalue weighted by atomic mass is 9.49. The fourth-order valence-corrected chi connectivity index (χ4v) is 7.55. The van der Waals surface area contributed by atoms with Crippen LogP contribution in [-0.4, -0.2) is 44.7 Å². The van der Waals surface area contributed by atoms with Crippen LogP contribution in [0, 0.1) is 23.2 Å². The van der Waals surface area contributed by atoms with Gasteiger partial charge in [0.1, 0.15) is 17.0 Å². The molecule has 4 bridgehead atoms. The second kappa shape index (κ2) is 9.26. The highest BCUT2D eigenvalue weighted by molar-refractivity contribution is 5.95. The van der Waals surface area contributed by atoms with Crippen LogP contribution in [0.1, 0.15) is 90.5 Å². The minimum absolute atomic E-state index is 0.0967. The van der Waals surface area contributed by atoms with E-state index in [2.05, 4.69) is 35.2 Å². The smallest absolute Gasteiger partial charge is 0.274 e. The molecule has 0 atom stereocenters. The number of carbonyl (C=O) groups excluding carboxylic acids is 2. The molecule has 0 aromatic carbocycles. The number of fused-ring (bicyclic) bond motifs is 1. The van der Waals surface area contributed by atoms with E-state index in [1.165, 1.54) is 44.1 Å². The zero-order chi connectivity index (χ0) is 25.7. The van der Waals surface area contributed by atoms with E-state index < -0.39 is 0 Å². The quantitative estimate of drug-likeness (QED) is 0.492. The normalized spacial score (nSPS) is 26.1. The van der Waals surface area contributed by atoms with Crippen molar-refractivity contribution in [1.29, 1.82) is 0 Å². The molecule has 7 rings (SSSR count). The Bertz CT molecular complexity index is 1290. The number of nitrogens with zero attached hydrogens (tertiary/aromatic N) is 4. The molecule has 3 heterocycles. The van der Waals surface area contributed by atoms with E-state index >= 15 is 0 Å². The van der Waals surface area contributed by atoms with Crippen LogP contribution in [0.2, 0.25) is 0 Å². The zero-order valence-corrected chi connectivity index (χ0v) is 22.1. The van der Waals surface area contributed by atoms with Gasteiger partial charge in [-0.1, -0.05) is 26.0 Å². The fraction of sp³-hybridized carbons (Fsp3) is 0.533. The van der Waals surface area contributed by atoms with Crippen molar-refractivity contribution in [3.8, 4) is 0 Å². The van der Waals surface area contributed by atoms with E-state index in [9.17, 15) is 9.59 Å². The summed E-state index contributed by atoms with van der Waals surface area (Å²) in [5, 5.41) is 3.26. The molecule has 7 heteroatoms. The molecule has 4 aliphatic carbocycles. The van der Waals surface area contributed by atoms with Gasteiger partial charge in [-0.3, -0.25) is 19.0 Å². The van der Waals surface area contributed by atoms with E-state index in [1.807, 2.05) is 30.5 Å². The summed E-state index contributed by atoms with van der Waals surface area (Å²) >= 11 is 0. The number of carbonyl (C=O) groups is 2. The van der Waals surface area contributed by atoms with Crippen LogP contribution < -0.4 is 5.32 Å². The summed E-state index contributed by atoms with van der Waals surface area (Å²) < 4.78 is 1.74. The number of hydrogen-bond acceptors (Lipinski definition) is 4. The van der Waals surface area contributed by atoms with Crippen molar-refractivity contribution in [2.75, 3.05) is 13.6 Å². The van der Waals surface area contributed by atoms with Crippen LogP contribution in [0.15, 0.2) is 42.7 Å². The standard InChI is InChI=1S/C30H37N5O2/c1-19(2)23-7-8-24(31-15-23)16-34(3)29(37)25-17-35-26(5-4-6-27(35)33-25)28(36)32-18-30-12-20-9-21(13-30)11-22(10-20)14-30/h4-8,15,17,19-22H,9-14,16,18H2,1-3H3,(H,32,36). The molecule has 4 fully saturated rings. The van der Waals surface area contributed by atoms with Crippen LogP contribution in [0.25, 0.3) is 5.65 Å². The van der Waals surface area contributed by atoms with Crippen LogP contribution >= 0.6 is 0 Å². The molecule has 2 amide bonds. The first-order valence-electron chi connectivity index (χ1n) is 13.8. The zero-order valence-electron chi connectivity index (χ0n) is 22.1. The number of amides is 2. The summed E-state index contributed by atoms with van der Waals surface area (Å²) in [6.45, 7) is 5.40. The maximum Gasteiger partial charge on any atom is 0.274 e. The number of pyridine rings is 2. The summed E-state index contributed by atoms with van der Waals surface area (Å²) in [7, 11) is 1.75. The van der Waals surface area contributed by atoms with Gasteiger partial charge < -0.3 is 10.2 Å². The van der Waals surface area contributed by atoms with Crippen molar-refractivity contribution in [1.82, 2.24) is 24.6 Å². The number of rotatable bonds is 7. The van der Waals surface area contributed by atoms with Crippen LogP contribution in [0.4, 0.5) is 0 Å². The summed E-state index contributed by atoms with van der Waals surface area (Å²) in [4.78, 5) is 37.2. The summed E-state index contributed by atoms with van der Waals surface area (Å²) in [6, 6.07) is 9.50. The molecule has 4 aliphatic rings. The molecule has 3 aromatic heterocycles. The lowest BCUT2D eigenvalue weighted by molar-refractivity contribution is -0.0503. The van der Waals surface area contributed by atoms with Gasteiger partial charge in [-0.2, -0.15) is 0 Å². The molecular weight excluding hydrogens is 462 g/mol. The summed E-state index contributed by atoms with van der Waals surface area (Å²) in [5.41, 5.74) is 3.71. The summed E-state index contributed by atoms with van der Waals surface area (Å²) in [5.74, 6) is 2.69. The number of nitrogens with one attached hydrogen (secondary N) is 1. The van der Waals surface area contributed by atoms with E-state index in [0.29, 0.717) is 29.5 Å². The Morgan fingerprint density at radius 2 is 1.78 bits per heavy atom. The van der Waals surface area contributed by atoms with Gasteiger partial charge in [0.25, 0.3) is 11.8 Å². The summed E-state index contributed by atoms with van der Waals surface area (Å²) in [6.07, 6.45) is 11.5. The molecule has 1 N–H and O–H groups in total. The first-order chi connectivity index (χ1) is 17.8. The molecule has 37 heavy (non-hydrogen) atoms. The number of hydrogen-bond donors (Lipinski definition) is 1. The molecule has 0 unspecified atom stereocenters. The molecule has 194 valence electrons. The van der Waals surface area contributed by atoms with Gasteiger partial charge in [-0.15, -0.1) is 0 Å². The predicted molar refractivity (Wildman–Crippen MR) is 142 cm³/mol. The largest absolute Gasteiger partial charge is 0.350 e. The van der Waals surface area contributed by atoms with Gasteiger partial charge in [0.15, 0.2) is 0 Å². The molecule has 0 radical (unpaired) electrons. The van der Waals surface area contributed by atoms with Gasteiger partial charge in [-0.25, -0.2) is 4.98 Å². The van der Waals surface area contributed by atoms with Crippen molar-refractivity contribution >= 4 is 17.5 Å². The minimum atomic E-state index is -0.196. The Balaban J connectivity index is 1.15. The topological polar surface area (TPSA) is 79.6 Å². The van der Waals surface area contributed by atoms with Crippen LogP contribution in [0.5, 0.6) is 0 Å². The molecule has 0 aliphatic heterocycles. The highest BCUT2D eigenvalue weighted by Gasteiger charge is 2.50. The van der Waals surface area contributed by atoms with Gasteiger partial charge in [-0.05, 0) is 91.4 Å². The van der Waals surface area contributed by atoms with Gasteiger partial charge in [0.2, 0.25) is 0 Å². The van der Waals surface area contributed by atoms with E-state index in [1.54, 1.807) is 22.5 Å². The fourth-order valence-electron chi connectivity index (χ4n) is 7.55. The predicted octanol–water partition coefficient (Wildman–Crippen LogP) is 5.07. The Morgan fingerprint density at radius 3 is 2.41 bits per heavy atom. The SMILES string of the molecule is CC(C)c1ccc(CN(C)C(=O)c2cn3c(C(=O)NCC45CC6CC(CC(C6)C4)C5)cccc3n2)nc1. The van der Waals surface area contributed by atoms with Crippen LogP contribution in [0.3, 0.4) is 0 Å². The van der Waals surface area contributed by atoms with Crippen molar-refractivity contribution < 1.29 is 9.59 Å². The second-order valence-electron chi connectivity index (χ2n) is 12.3. The highest BCUT2D eigenvalue weighted by Crippen LogP contribution is 2.59. The van der Waals surface area contributed by atoms with Gasteiger partial charge in [0, 0.05) is 26.0 Å². The molecule has 3 aromatic rings. The Labute approximate surface area is 218 Å². The van der Waals surface area contributed by atoms with Crippen molar-refractivity contribution in [3.05, 3.63) is 65.4 Å². The molecule has 7 nitrogen and oxygen atoms in total. The first-order valence-corrected chi connectivity index (χ1v) is 13.8. The first kappa shape index (κ1) is 24.1. The van der Waals surface area contributed by atoms with Crippen molar-refractivity contribution in [3.63, 3.8) is 0 Å². The average Bonchev–Trinajstić information content (AvgIpc) is 3.31. The molecule has 0 spiro atoms. The molecular formula is C30H37N5O2. The second-order valence-corrected chi connectivity index (χ2v) is 12.3. The monoisotopic (exact) mass is 499 g/mol. The lowest BCUT2D eigenvalue weighted by Crippen LogP contribution is -2.51. The van der Waals surface area contributed by atoms with Gasteiger partial charge >= 0.3 is 0 Å². The minimum Gasteiger partial charge on any atom is -0.350 e. The molecule has 4 saturated carbocycles. The maximum atomic E-state index is 13.3. The van der Waals surface area contributed by atoms with E-state index in [4.69, 9.17) is 0 Å². The number of aromatic nitrogens is 3. The van der Waals surface area contributed by atoms with E-state index in [-0.39, 0.29) is 17.2 Å². The van der Waals surface area contributed by atoms with Crippen molar-refractivity contribution in [2.45, 2.75) is 64.8 Å². The van der Waals surface area contributed by atoms with E-state index in [0.717, 1.165) is 30.0 Å². The Hall–Kier alpha value is -3.22. The van der Waals surface area contributed by atoms with Gasteiger partial charge in [0.05, 0.1) is 12.2 Å². The third kappa shape index (κ3) is 4.64. The van der Waals surface area contributed by atoms with Crippen molar-refractivity contribution in [2.24, 2.45) is 23.2 Å². The van der Waals surface area contributed by atoms with Crippen LogP contribution in [-0.2, 0) is 6.54 Å². The number of imidazole rings is 1. The average molecular weight is 500 g/mol. The molecule has 0 saturated heterocycles. The maximum absolute atomic E-state index is 13.3. The third-order valence-electron chi connectivity index (χ3n) is 8.99. The lowest BCUT2D eigenvalue weighted by Gasteiger charge is -2.56. The Morgan fingerprint density at radius 1 is 1.08 bits per heavy atom. The third-order valence-corrected chi connectivity index (χ3v) is 8.99. The highest BCUT2D eigenvalue weighted by atomic mass is 16.2.